The van der Waals surface area contributed by atoms with E-state index in [2.05, 4.69) is 46.6 Å². The van der Waals surface area contributed by atoms with Crippen LogP contribution in [0, 0.1) is 20.8 Å². The van der Waals surface area contributed by atoms with Gasteiger partial charge in [-0.05, 0) is 55.7 Å². The number of methoxy groups -OCH3 is 2. The molecular weight excluding hydrogens is 352 g/mol. The average molecular weight is 378 g/mol. The lowest BCUT2D eigenvalue weighted by Gasteiger charge is -2.13. The Labute approximate surface area is 166 Å². The van der Waals surface area contributed by atoms with E-state index < -0.39 is 0 Å². The highest BCUT2D eigenvalue weighted by Crippen LogP contribution is 2.28. The monoisotopic (exact) mass is 378 g/mol. The summed E-state index contributed by atoms with van der Waals surface area (Å²) in [6, 6.07) is 13.9. The lowest BCUT2D eigenvalue weighted by molar-refractivity contribution is 0.354. The van der Waals surface area contributed by atoms with E-state index >= 15 is 0 Å². The van der Waals surface area contributed by atoms with Gasteiger partial charge in [0.2, 0.25) is 5.95 Å². The van der Waals surface area contributed by atoms with E-state index in [4.69, 9.17) is 9.47 Å². The third-order valence-corrected chi connectivity index (χ3v) is 4.62. The van der Waals surface area contributed by atoms with E-state index in [1.165, 1.54) is 11.1 Å². The number of nitrogens with one attached hydrogen (secondary N) is 2. The van der Waals surface area contributed by atoms with Crippen molar-refractivity contribution in [3.05, 3.63) is 64.8 Å². The quantitative estimate of drug-likeness (QED) is 0.617. The second-order valence-electron chi connectivity index (χ2n) is 6.63. The van der Waals surface area contributed by atoms with Gasteiger partial charge in [-0.1, -0.05) is 18.2 Å². The molecule has 3 aromatic rings. The summed E-state index contributed by atoms with van der Waals surface area (Å²) in [5, 5.41) is 6.68. The molecule has 0 saturated heterocycles. The zero-order valence-corrected chi connectivity index (χ0v) is 17.0. The fourth-order valence-corrected chi connectivity index (χ4v) is 2.91. The van der Waals surface area contributed by atoms with Crippen LogP contribution in [0.15, 0.2) is 42.5 Å². The van der Waals surface area contributed by atoms with Gasteiger partial charge in [-0.15, -0.1) is 0 Å². The van der Waals surface area contributed by atoms with Gasteiger partial charge in [0.15, 0.2) is 11.5 Å². The van der Waals surface area contributed by atoms with Crippen molar-refractivity contribution in [2.24, 2.45) is 0 Å². The van der Waals surface area contributed by atoms with Crippen LogP contribution < -0.4 is 20.1 Å². The smallest absolute Gasteiger partial charge is 0.225 e. The van der Waals surface area contributed by atoms with Gasteiger partial charge < -0.3 is 20.1 Å². The average Bonchev–Trinajstić information content (AvgIpc) is 2.69. The Kier molecular flexibility index (Phi) is 5.99. The Balaban J connectivity index is 1.76. The van der Waals surface area contributed by atoms with Crippen LogP contribution in [0.5, 0.6) is 11.5 Å². The lowest BCUT2D eigenvalue weighted by Crippen LogP contribution is -2.07. The molecule has 0 bridgehead atoms. The van der Waals surface area contributed by atoms with Crippen LogP contribution in [0.4, 0.5) is 17.5 Å². The highest BCUT2D eigenvalue weighted by molar-refractivity contribution is 5.62. The number of hydrogen-bond acceptors (Lipinski definition) is 6. The zero-order chi connectivity index (χ0) is 20.1. The molecule has 146 valence electrons. The standard InChI is InChI=1S/C22H26N4O2/c1-14-7-6-8-18(16(14)3)25-21-11-15(2)24-22(26-21)23-13-17-9-10-19(27-4)20(12-17)28-5/h6-12H,13H2,1-5H3,(H2,23,24,25,26). The van der Waals surface area contributed by atoms with Crippen molar-refractivity contribution in [3.63, 3.8) is 0 Å². The first-order chi connectivity index (χ1) is 13.5. The van der Waals surface area contributed by atoms with E-state index in [1.54, 1.807) is 14.2 Å². The van der Waals surface area contributed by atoms with E-state index in [1.807, 2.05) is 37.3 Å². The van der Waals surface area contributed by atoms with Gasteiger partial charge >= 0.3 is 0 Å². The van der Waals surface area contributed by atoms with E-state index in [0.717, 1.165) is 22.8 Å². The summed E-state index contributed by atoms with van der Waals surface area (Å²) in [5.41, 5.74) is 5.43. The normalized spacial score (nSPS) is 10.5. The fraction of sp³-hybridized carbons (Fsp3) is 0.273. The van der Waals surface area contributed by atoms with Crippen LogP contribution in [0.25, 0.3) is 0 Å². The highest BCUT2D eigenvalue weighted by Gasteiger charge is 2.08. The van der Waals surface area contributed by atoms with E-state index in [-0.39, 0.29) is 0 Å². The predicted molar refractivity (Wildman–Crippen MR) is 113 cm³/mol. The third kappa shape index (κ3) is 4.52. The summed E-state index contributed by atoms with van der Waals surface area (Å²) in [6.45, 7) is 6.73. The molecule has 6 nitrogen and oxygen atoms in total. The summed E-state index contributed by atoms with van der Waals surface area (Å²) in [7, 11) is 3.25. The predicted octanol–water partition coefficient (Wildman–Crippen LogP) is 4.77. The number of benzene rings is 2. The van der Waals surface area contributed by atoms with Crippen LogP contribution in [-0.2, 0) is 6.54 Å². The molecule has 0 unspecified atom stereocenters. The molecule has 1 aromatic heterocycles. The minimum absolute atomic E-state index is 0.572. The van der Waals surface area contributed by atoms with Gasteiger partial charge in [0, 0.05) is 24.0 Å². The summed E-state index contributed by atoms with van der Waals surface area (Å²) in [6.07, 6.45) is 0. The van der Waals surface area contributed by atoms with Crippen molar-refractivity contribution < 1.29 is 9.47 Å². The number of rotatable bonds is 7. The number of anilines is 3. The molecule has 0 amide bonds. The topological polar surface area (TPSA) is 68.3 Å². The maximum Gasteiger partial charge on any atom is 0.225 e. The first kappa shape index (κ1) is 19.5. The minimum atomic E-state index is 0.572. The Morgan fingerprint density at radius 1 is 0.893 bits per heavy atom. The Hall–Kier alpha value is -3.28. The number of hydrogen-bond donors (Lipinski definition) is 2. The molecule has 0 aliphatic carbocycles. The molecule has 6 heteroatoms. The number of ether oxygens (including phenoxy) is 2. The maximum atomic E-state index is 5.36. The summed E-state index contributed by atoms with van der Waals surface area (Å²) in [5.74, 6) is 2.74. The molecule has 1 heterocycles. The Morgan fingerprint density at radius 2 is 1.68 bits per heavy atom. The van der Waals surface area contributed by atoms with Crippen molar-refractivity contribution in [1.29, 1.82) is 0 Å². The fourth-order valence-electron chi connectivity index (χ4n) is 2.91. The Bertz CT molecular complexity index is 973. The molecule has 0 saturated carbocycles. The van der Waals surface area contributed by atoms with Crippen LogP contribution in [0.2, 0.25) is 0 Å². The van der Waals surface area contributed by atoms with Crippen molar-refractivity contribution in [2.45, 2.75) is 27.3 Å². The highest BCUT2D eigenvalue weighted by atomic mass is 16.5. The van der Waals surface area contributed by atoms with Gasteiger partial charge in [-0.25, -0.2) is 4.98 Å². The minimum Gasteiger partial charge on any atom is -0.493 e. The van der Waals surface area contributed by atoms with Gasteiger partial charge in [0.25, 0.3) is 0 Å². The van der Waals surface area contributed by atoms with Crippen molar-refractivity contribution in [3.8, 4) is 11.5 Å². The Morgan fingerprint density at radius 3 is 2.43 bits per heavy atom. The van der Waals surface area contributed by atoms with Gasteiger partial charge in [0.1, 0.15) is 5.82 Å². The zero-order valence-electron chi connectivity index (χ0n) is 17.0. The molecule has 3 rings (SSSR count). The molecule has 0 aliphatic heterocycles. The van der Waals surface area contributed by atoms with Gasteiger partial charge in [0.05, 0.1) is 14.2 Å². The second kappa shape index (κ2) is 8.61. The second-order valence-corrected chi connectivity index (χ2v) is 6.63. The van der Waals surface area contributed by atoms with Gasteiger partial charge in [-0.2, -0.15) is 4.98 Å². The molecule has 2 aromatic carbocycles. The molecule has 28 heavy (non-hydrogen) atoms. The number of aryl methyl sites for hydroxylation is 2. The van der Waals surface area contributed by atoms with Crippen molar-refractivity contribution >= 4 is 17.5 Å². The van der Waals surface area contributed by atoms with Crippen molar-refractivity contribution in [1.82, 2.24) is 9.97 Å². The SMILES string of the molecule is COc1ccc(CNc2nc(C)cc(Nc3cccc(C)c3C)n2)cc1OC. The molecule has 0 fully saturated rings. The summed E-state index contributed by atoms with van der Waals surface area (Å²) < 4.78 is 10.6. The molecule has 0 atom stereocenters. The first-order valence-corrected chi connectivity index (χ1v) is 9.14. The van der Waals surface area contributed by atoms with E-state index in [0.29, 0.717) is 24.0 Å². The largest absolute Gasteiger partial charge is 0.493 e. The molecule has 0 spiro atoms. The molecule has 0 radical (unpaired) electrons. The maximum absolute atomic E-state index is 5.36. The third-order valence-electron chi connectivity index (χ3n) is 4.62. The van der Waals surface area contributed by atoms with Crippen LogP contribution in [0.1, 0.15) is 22.4 Å². The summed E-state index contributed by atoms with van der Waals surface area (Å²) >= 11 is 0. The van der Waals surface area contributed by atoms with Crippen molar-refractivity contribution in [2.75, 3.05) is 24.9 Å². The van der Waals surface area contributed by atoms with Crippen LogP contribution in [0.3, 0.4) is 0 Å². The lowest BCUT2D eigenvalue weighted by atomic mass is 10.1. The van der Waals surface area contributed by atoms with Gasteiger partial charge in [-0.3, -0.25) is 0 Å². The van der Waals surface area contributed by atoms with E-state index in [9.17, 15) is 0 Å². The molecular formula is C22H26N4O2. The van der Waals surface area contributed by atoms with Crippen LogP contribution in [-0.4, -0.2) is 24.2 Å². The number of nitrogens with zero attached hydrogens (tertiary/aromatic N) is 2. The van der Waals surface area contributed by atoms with Crippen LogP contribution >= 0.6 is 0 Å². The summed E-state index contributed by atoms with van der Waals surface area (Å²) in [4.78, 5) is 9.09. The molecule has 0 aliphatic rings. The first-order valence-electron chi connectivity index (χ1n) is 9.14. The number of aromatic nitrogens is 2. The molecule has 2 N–H and O–H groups in total.